The molecule has 0 amide bonds. The summed E-state index contributed by atoms with van der Waals surface area (Å²) in [5.41, 5.74) is 2.17. The Labute approximate surface area is 124 Å². The van der Waals surface area contributed by atoms with E-state index in [-0.39, 0.29) is 4.75 Å². The molecule has 3 rings (SSSR count). The fourth-order valence-corrected chi connectivity index (χ4v) is 4.48. The second-order valence-electron chi connectivity index (χ2n) is 5.56. The van der Waals surface area contributed by atoms with E-state index in [0.717, 1.165) is 37.9 Å². The van der Waals surface area contributed by atoms with Crippen molar-refractivity contribution in [3.8, 4) is 0 Å². The van der Waals surface area contributed by atoms with Crippen LogP contribution in [-0.4, -0.2) is 32.5 Å². The third-order valence-electron chi connectivity index (χ3n) is 4.16. The van der Waals surface area contributed by atoms with Crippen molar-refractivity contribution in [2.75, 3.05) is 24.7 Å². The highest BCUT2D eigenvalue weighted by atomic mass is 32.2. The van der Waals surface area contributed by atoms with Gasteiger partial charge in [0.05, 0.1) is 4.90 Å². The van der Waals surface area contributed by atoms with Gasteiger partial charge in [0, 0.05) is 23.5 Å². The largest absolute Gasteiger partial charge is 0.385 e. The minimum Gasteiger partial charge on any atom is -0.385 e. The molecular formula is C14H20N2O2S2. The highest BCUT2D eigenvalue weighted by molar-refractivity contribution is 8.00. The highest BCUT2D eigenvalue weighted by Crippen LogP contribution is 2.46. The summed E-state index contributed by atoms with van der Waals surface area (Å²) in [5.74, 6) is 0. The molecule has 2 N–H and O–H groups in total. The molecule has 0 atom stereocenters. The fraction of sp³-hybridized carbons (Fsp3) is 0.571. The zero-order chi connectivity index (χ0) is 14.2. The first kappa shape index (κ1) is 14.2. The Kier molecular flexibility index (Phi) is 3.73. The van der Waals surface area contributed by atoms with Gasteiger partial charge in [-0.15, -0.1) is 0 Å². The van der Waals surface area contributed by atoms with Crippen molar-refractivity contribution >= 4 is 27.5 Å². The van der Waals surface area contributed by atoms with Crippen LogP contribution >= 0.6 is 11.8 Å². The number of hydrogen-bond donors (Lipinski definition) is 2. The Morgan fingerprint density at radius 2 is 2.20 bits per heavy atom. The van der Waals surface area contributed by atoms with E-state index in [0.29, 0.717) is 11.4 Å². The van der Waals surface area contributed by atoms with Crippen molar-refractivity contribution in [2.45, 2.75) is 35.3 Å². The first-order chi connectivity index (χ1) is 9.55. The van der Waals surface area contributed by atoms with Gasteiger partial charge in [-0.1, -0.05) is 6.07 Å². The lowest BCUT2D eigenvalue weighted by Gasteiger charge is -2.19. The monoisotopic (exact) mass is 312 g/mol. The van der Waals surface area contributed by atoms with E-state index in [1.807, 2.05) is 12.3 Å². The highest BCUT2D eigenvalue weighted by Gasteiger charge is 2.42. The molecule has 1 aliphatic heterocycles. The van der Waals surface area contributed by atoms with Gasteiger partial charge in [-0.3, -0.25) is 0 Å². The molecule has 0 spiro atoms. The second kappa shape index (κ2) is 5.24. The predicted octanol–water partition coefficient (Wildman–Crippen LogP) is 2.22. The number of rotatable bonds is 5. The van der Waals surface area contributed by atoms with Crippen LogP contribution < -0.4 is 10.0 Å². The Hall–Kier alpha value is -0.720. The molecule has 1 fully saturated rings. The summed E-state index contributed by atoms with van der Waals surface area (Å²) in [6.07, 6.45) is 6.37. The maximum Gasteiger partial charge on any atom is 0.240 e. The van der Waals surface area contributed by atoms with Gasteiger partial charge in [0.15, 0.2) is 0 Å². The molecule has 0 unspecified atom stereocenters. The molecule has 1 heterocycles. The SMILES string of the molecule is CSC1(CNS(=O)(=O)c2ccc3c(c2)NCCC3)CC1. The summed E-state index contributed by atoms with van der Waals surface area (Å²) < 4.78 is 27.6. The molecule has 0 bridgehead atoms. The van der Waals surface area contributed by atoms with E-state index >= 15 is 0 Å². The molecule has 0 radical (unpaired) electrons. The van der Waals surface area contributed by atoms with Gasteiger partial charge in [0.2, 0.25) is 10.0 Å². The number of aryl methyl sites for hydroxylation is 1. The molecule has 1 aromatic rings. The summed E-state index contributed by atoms with van der Waals surface area (Å²) in [4.78, 5) is 0.363. The standard InChI is InChI=1S/C14H20N2O2S2/c1-19-14(6-7-14)10-16-20(17,18)12-5-4-11-3-2-8-15-13(11)9-12/h4-5,9,15-16H,2-3,6-8,10H2,1H3. The van der Waals surface area contributed by atoms with E-state index in [4.69, 9.17) is 0 Å². The minimum atomic E-state index is -3.40. The number of fused-ring (bicyclic) bond motifs is 1. The Morgan fingerprint density at radius 1 is 1.40 bits per heavy atom. The molecule has 0 saturated heterocycles. The van der Waals surface area contributed by atoms with Crippen LogP contribution in [0.4, 0.5) is 5.69 Å². The van der Waals surface area contributed by atoms with Crippen molar-refractivity contribution < 1.29 is 8.42 Å². The van der Waals surface area contributed by atoms with Crippen LogP contribution in [0, 0.1) is 0 Å². The molecule has 6 heteroatoms. The molecule has 4 nitrogen and oxygen atoms in total. The zero-order valence-electron chi connectivity index (χ0n) is 11.6. The van der Waals surface area contributed by atoms with E-state index in [1.165, 1.54) is 5.56 Å². The van der Waals surface area contributed by atoms with Gasteiger partial charge < -0.3 is 5.32 Å². The minimum absolute atomic E-state index is 0.138. The molecule has 20 heavy (non-hydrogen) atoms. The maximum atomic E-state index is 12.4. The number of nitrogens with one attached hydrogen (secondary N) is 2. The summed E-state index contributed by atoms with van der Waals surface area (Å²) in [6.45, 7) is 1.44. The summed E-state index contributed by atoms with van der Waals surface area (Å²) in [6, 6.07) is 5.40. The van der Waals surface area contributed by atoms with Crippen molar-refractivity contribution in [2.24, 2.45) is 0 Å². The summed E-state index contributed by atoms with van der Waals surface area (Å²) in [7, 11) is -3.40. The lowest BCUT2D eigenvalue weighted by molar-refractivity contribution is 0.579. The molecular weight excluding hydrogens is 292 g/mol. The molecule has 2 aliphatic rings. The van der Waals surface area contributed by atoms with Gasteiger partial charge in [-0.05, 0) is 49.6 Å². The van der Waals surface area contributed by atoms with Gasteiger partial charge in [-0.2, -0.15) is 11.8 Å². The molecule has 1 aliphatic carbocycles. The van der Waals surface area contributed by atoms with Crippen molar-refractivity contribution in [3.63, 3.8) is 0 Å². The predicted molar refractivity (Wildman–Crippen MR) is 83.9 cm³/mol. The smallest absolute Gasteiger partial charge is 0.240 e. The lowest BCUT2D eigenvalue weighted by atomic mass is 10.0. The molecule has 1 saturated carbocycles. The van der Waals surface area contributed by atoms with E-state index < -0.39 is 10.0 Å². The number of benzene rings is 1. The third-order valence-corrected chi connectivity index (χ3v) is 6.97. The van der Waals surface area contributed by atoms with E-state index in [2.05, 4.69) is 10.0 Å². The Balaban J connectivity index is 1.77. The van der Waals surface area contributed by atoms with Crippen molar-refractivity contribution in [1.29, 1.82) is 0 Å². The number of thioether (sulfide) groups is 1. The zero-order valence-corrected chi connectivity index (χ0v) is 13.2. The fourth-order valence-electron chi connectivity index (χ4n) is 2.51. The molecule has 0 aromatic heterocycles. The Morgan fingerprint density at radius 3 is 2.90 bits per heavy atom. The topological polar surface area (TPSA) is 58.2 Å². The average Bonchev–Trinajstić information content (AvgIpc) is 3.25. The third kappa shape index (κ3) is 2.82. The lowest BCUT2D eigenvalue weighted by Crippen LogP contribution is -2.31. The number of anilines is 1. The van der Waals surface area contributed by atoms with E-state index in [1.54, 1.807) is 23.9 Å². The quantitative estimate of drug-likeness (QED) is 0.875. The molecule has 1 aromatic carbocycles. The van der Waals surface area contributed by atoms with Crippen molar-refractivity contribution in [3.05, 3.63) is 23.8 Å². The van der Waals surface area contributed by atoms with Crippen LogP contribution in [0.25, 0.3) is 0 Å². The normalized spacial score (nSPS) is 20.1. The summed E-state index contributed by atoms with van der Waals surface area (Å²) in [5, 5.41) is 3.27. The van der Waals surface area contributed by atoms with Crippen LogP contribution in [0.3, 0.4) is 0 Å². The van der Waals surface area contributed by atoms with Crippen LogP contribution in [0.15, 0.2) is 23.1 Å². The Bertz CT molecular complexity index is 610. The van der Waals surface area contributed by atoms with Crippen LogP contribution in [0.2, 0.25) is 0 Å². The first-order valence-electron chi connectivity index (χ1n) is 6.96. The van der Waals surface area contributed by atoms with Gasteiger partial charge in [0.25, 0.3) is 0 Å². The van der Waals surface area contributed by atoms with Crippen LogP contribution in [0.5, 0.6) is 0 Å². The van der Waals surface area contributed by atoms with Gasteiger partial charge in [0.1, 0.15) is 0 Å². The maximum absolute atomic E-state index is 12.4. The average molecular weight is 312 g/mol. The van der Waals surface area contributed by atoms with E-state index in [9.17, 15) is 8.42 Å². The van der Waals surface area contributed by atoms with Crippen LogP contribution in [0.1, 0.15) is 24.8 Å². The number of hydrogen-bond acceptors (Lipinski definition) is 4. The van der Waals surface area contributed by atoms with Gasteiger partial charge >= 0.3 is 0 Å². The molecule has 110 valence electrons. The second-order valence-corrected chi connectivity index (χ2v) is 8.60. The van der Waals surface area contributed by atoms with Gasteiger partial charge in [-0.25, -0.2) is 13.1 Å². The first-order valence-corrected chi connectivity index (χ1v) is 9.67. The summed E-state index contributed by atoms with van der Waals surface area (Å²) >= 11 is 1.76. The van der Waals surface area contributed by atoms with Crippen LogP contribution in [-0.2, 0) is 16.4 Å². The van der Waals surface area contributed by atoms with Crippen molar-refractivity contribution in [1.82, 2.24) is 4.72 Å². The number of sulfonamides is 1.